The van der Waals surface area contributed by atoms with Crippen LogP contribution >= 0.6 is 0 Å². The second kappa shape index (κ2) is 4.65. The summed E-state index contributed by atoms with van der Waals surface area (Å²) in [5.41, 5.74) is 0.736. The molecule has 1 aromatic rings. The van der Waals surface area contributed by atoms with Crippen molar-refractivity contribution < 1.29 is 0 Å². The fourth-order valence-corrected chi connectivity index (χ4v) is 1.97. The fraction of sp³-hybridized carbons (Fsp3) is 0.462. The molecule has 0 bridgehead atoms. The minimum Gasteiger partial charge on any atom is -0.314 e. The van der Waals surface area contributed by atoms with E-state index >= 15 is 0 Å². The van der Waals surface area contributed by atoms with E-state index in [1.165, 1.54) is 5.56 Å². The highest BCUT2D eigenvalue weighted by Gasteiger charge is 2.29. The molecule has 2 rings (SSSR count). The maximum absolute atomic E-state index is 9.28. The van der Waals surface area contributed by atoms with Gasteiger partial charge in [-0.2, -0.15) is 5.26 Å². The van der Waals surface area contributed by atoms with Gasteiger partial charge in [0.15, 0.2) is 0 Å². The van der Waals surface area contributed by atoms with Crippen molar-refractivity contribution in [2.24, 2.45) is 0 Å². The van der Waals surface area contributed by atoms with Crippen LogP contribution in [0, 0.1) is 11.3 Å². The molecule has 1 saturated heterocycles. The van der Waals surface area contributed by atoms with Crippen LogP contribution in [0.2, 0.25) is 0 Å². The Balaban J connectivity index is 2.01. The Hall–Kier alpha value is -1.37. The second-order valence-corrected chi connectivity index (χ2v) is 4.61. The molecule has 0 aliphatic carbocycles. The van der Waals surface area contributed by atoms with Crippen LogP contribution in [0.4, 0.5) is 0 Å². The average molecular weight is 215 g/mol. The molecule has 16 heavy (non-hydrogen) atoms. The average Bonchev–Trinajstić information content (AvgIpc) is 2.25. The first-order chi connectivity index (χ1) is 7.72. The van der Waals surface area contributed by atoms with Crippen molar-refractivity contribution >= 4 is 0 Å². The van der Waals surface area contributed by atoms with Crippen molar-refractivity contribution in [2.45, 2.75) is 24.9 Å². The zero-order valence-corrected chi connectivity index (χ0v) is 9.53. The van der Waals surface area contributed by atoms with Gasteiger partial charge in [0.05, 0.1) is 6.07 Å². The molecule has 3 heteroatoms. The number of nitrogens with zero attached hydrogens (tertiary/aromatic N) is 1. The Bertz CT molecular complexity index is 378. The van der Waals surface area contributed by atoms with E-state index in [0.29, 0.717) is 6.04 Å². The van der Waals surface area contributed by atoms with Crippen molar-refractivity contribution in [3.8, 4) is 6.07 Å². The largest absolute Gasteiger partial charge is 0.314 e. The van der Waals surface area contributed by atoms with E-state index in [9.17, 15) is 5.26 Å². The Morgan fingerprint density at radius 2 is 2.12 bits per heavy atom. The Kier molecular flexibility index (Phi) is 3.23. The van der Waals surface area contributed by atoms with Crippen molar-refractivity contribution in [2.75, 3.05) is 13.1 Å². The number of hydrogen-bond donors (Lipinski definition) is 2. The van der Waals surface area contributed by atoms with Gasteiger partial charge in [-0.25, -0.2) is 0 Å². The lowest BCUT2D eigenvalue weighted by atomic mass is 9.92. The lowest BCUT2D eigenvalue weighted by Crippen LogP contribution is -2.62. The van der Waals surface area contributed by atoms with E-state index in [2.05, 4.69) is 28.8 Å². The Morgan fingerprint density at radius 1 is 1.44 bits per heavy atom. The Morgan fingerprint density at radius 3 is 2.62 bits per heavy atom. The SMILES string of the molecule is CC(C#N)(Cc1ccccc1)NC1CNC1. The van der Waals surface area contributed by atoms with Gasteiger partial charge in [-0.05, 0) is 12.5 Å². The van der Waals surface area contributed by atoms with Gasteiger partial charge >= 0.3 is 0 Å². The first-order valence-corrected chi connectivity index (χ1v) is 5.65. The molecule has 84 valence electrons. The standard InChI is InChI=1S/C13H17N3/c1-13(10-14,16-12-8-15-9-12)7-11-5-3-2-4-6-11/h2-6,12,15-16H,7-9H2,1H3. The zero-order valence-electron chi connectivity index (χ0n) is 9.53. The van der Waals surface area contributed by atoms with E-state index in [1.54, 1.807) is 0 Å². The minimum absolute atomic E-state index is 0.438. The fourth-order valence-electron chi connectivity index (χ4n) is 1.97. The molecule has 1 aliphatic heterocycles. The van der Waals surface area contributed by atoms with Crippen LogP contribution in [0.25, 0.3) is 0 Å². The lowest BCUT2D eigenvalue weighted by molar-refractivity contribution is 0.296. The van der Waals surface area contributed by atoms with Crippen molar-refractivity contribution in [3.05, 3.63) is 35.9 Å². The highest BCUT2D eigenvalue weighted by atomic mass is 15.1. The van der Waals surface area contributed by atoms with Crippen LogP contribution in [-0.2, 0) is 6.42 Å². The van der Waals surface area contributed by atoms with E-state index in [-0.39, 0.29) is 0 Å². The zero-order chi connectivity index (χ0) is 11.4. The summed E-state index contributed by atoms with van der Waals surface area (Å²) in [6, 6.07) is 13.0. The number of benzene rings is 1. The molecule has 3 nitrogen and oxygen atoms in total. The van der Waals surface area contributed by atoms with Crippen molar-refractivity contribution in [3.63, 3.8) is 0 Å². The molecule has 1 atom stereocenters. The molecular weight excluding hydrogens is 198 g/mol. The number of nitrogens with one attached hydrogen (secondary N) is 2. The number of hydrogen-bond acceptors (Lipinski definition) is 3. The first-order valence-electron chi connectivity index (χ1n) is 5.65. The molecule has 0 saturated carbocycles. The smallest absolute Gasteiger partial charge is 0.108 e. The van der Waals surface area contributed by atoms with Gasteiger partial charge in [0.2, 0.25) is 0 Å². The van der Waals surface area contributed by atoms with Gasteiger partial charge in [-0.15, -0.1) is 0 Å². The number of rotatable bonds is 4. The second-order valence-electron chi connectivity index (χ2n) is 4.61. The summed E-state index contributed by atoms with van der Waals surface area (Å²) in [5.74, 6) is 0. The molecule has 0 amide bonds. The van der Waals surface area contributed by atoms with Gasteiger partial charge in [0.1, 0.15) is 5.54 Å². The minimum atomic E-state index is -0.464. The summed E-state index contributed by atoms with van der Waals surface area (Å²) in [6.45, 7) is 3.90. The van der Waals surface area contributed by atoms with E-state index in [0.717, 1.165) is 19.5 Å². The van der Waals surface area contributed by atoms with Gasteiger partial charge in [-0.3, -0.25) is 5.32 Å². The van der Waals surface area contributed by atoms with E-state index in [4.69, 9.17) is 0 Å². The molecule has 0 spiro atoms. The number of nitriles is 1. The van der Waals surface area contributed by atoms with E-state index < -0.39 is 5.54 Å². The Labute approximate surface area is 96.5 Å². The summed E-state index contributed by atoms with van der Waals surface area (Å²) < 4.78 is 0. The van der Waals surface area contributed by atoms with Crippen molar-refractivity contribution in [1.29, 1.82) is 5.26 Å². The van der Waals surface area contributed by atoms with E-state index in [1.807, 2.05) is 25.1 Å². The predicted molar refractivity (Wildman–Crippen MR) is 64.0 cm³/mol. The van der Waals surface area contributed by atoms with Crippen LogP contribution in [0.3, 0.4) is 0 Å². The quantitative estimate of drug-likeness (QED) is 0.790. The molecular formula is C13H17N3. The van der Waals surface area contributed by atoms with Crippen LogP contribution < -0.4 is 10.6 Å². The first kappa shape index (κ1) is 11.1. The topological polar surface area (TPSA) is 47.9 Å². The summed E-state index contributed by atoms with van der Waals surface area (Å²) in [7, 11) is 0. The van der Waals surface area contributed by atoms with Crippen LogP contribution in [0.5, 0.6) is 0 Å². The highest BCUT2D eigenvalue weighted by molar-refractivity contribution is 5.21. The normalized spacial score (nSPS) is 19.5. The lowest BCUT2D eigenvalue weighted by Gasteiger charge is -2.35. The third-order valence-corrected chi connectivity index (χ3v) is 2.95. The molecule has 1 aliphatic rings. The highest BCUT2D eigenvalue weighted by Crippen LogP contribution is 2.14. The van der Waals surface area contributed by atoms with Crippen LogP contribution in [-0.4, -0.2) is 24.7 Å². The van der Waals surface area contributed by atoms with Gasteiger partial charge in [0.25, 0.3) is 0 Å². The van der Waals surface area contributed by atoms with Crippen molar-refractivity contribution in [1.82, 2.24) is 10.6 Å². The molecule has 1 fully saturated rings. The maximum Gasteiger partial charge on any atom is 0.108 e. The molecule has 2 N–H and O–H groups in total. The van der Waals surface area contributed by atoms with Crippen LogP contribution in [0.15, 0.2) is 30.3 Å². The predicted octanol–water partition coefficient (Wildman–Crippen LogP) is 1.07. The third-order valence-electron chi connectivity index (χ3n) is 2.95. The van der Waals surface area contributed by atoms with Gasteiger partial charge in [-0.1, -0.05) is 30.3 Å². The molecule has 1 unspecified atom stereocenters. The molecule has 0 radical (unpaired) electrons. The molecule has 0 aromatic heterocycles. The summed E-state index contributed by atoms with van der Waals surface area (Å²) in [5, 5.41) is 15.9. The van der Waals surface area contributed by atoms with Gasteiger partial charge < -0.3 is 5.32 Å². The summed E-state index contributed by atoms with van der Waals surface area (Å²) >= 11 is 0. The maximum atomic E-state index is 9.28. The summed E-state index contributed by atoms with van der Waals surface area (Å²) in [4.78, 5) is 0. The summed E-state index contributed by atoms with van der Waals surface area (Å²) in [6.07, 6.45) is 0.751. The third kappa shape index (κ3) is 2.60. The van der Waals surface area contributed by atoms with Gasteiger partial charge in [0, 0.05) is 25.6 Å². The molecule has 1 aromatic carbocycles. The van der Waals surface area contributed by atoms with Crippen LogP contribution in [0.1, 0.15) is 12.5 Å². The monoisotopic (exact) mass is 215 g/mol. The molecule has 1 heterocycles.